The molecule has 0 spiro atoms. The van der Waals surface area contributed by atoms with Gasteiger partial charge in [0.05, 0.1) is 10.8 Å². The summed E-state index contributed by atoms with van der Waals surface area (Å²) in [7, 11) is 0. The molecule has 102 valence electrons. The van der Waals surface area contributed by atoms with Gasteiger partial charge in [-0.05, 0) is 17.5 Å². The number of hydrogen-bond donors (Lipinski definition) is 1. The van der Waals surface area contributed by atoms with Gasteiger partial charge in [-0.15, -0.1) is 0 Å². The molecule has 0 aliphatic heterocycles. The summed E-state index contributed by atoms with van der Waals surface area (Å²) < 4.78 is 0. The summed E-state index contributed by atoms with van der Waals surface area (Å²) in [5.41, 5.74) is 7.12. The van der Waals surface area contributed by atoms with Crippen LogP contribution < -0.4 is 5.73 Å². The Kier molecular flexibility index (Phi) is 4.10. The molecule has 5 nitrogen and oxygen atoms in total. The Morgan fingerprint density at radius 3 is 2.20 bits per heavy atom. The van der Waals surface area contributed by atoms with Crippen LogP contribution in [-0.4, -0.2) is 10.8 Å². The number of hydrogen-bond acceptors (Lipinski definition) is 3. The summed E-state index contributed by atoms with van der Waals surface area (Å²) in [4.78, 5) is 21.8. The summed E-state index contributed by atoms with van der Waals surface area (Å²) in [6.07, 6.45) is 0.480. The molecule has 0 bridgehead atoms. The van der Waals surface area contributed by atoms with Crippen molar-refractivity contribution in [3.63, 3.8) is 0 Å². The number of carbonyl (C=O) groups excluding carboxylic acids is 1. The molecule has 0 heterocycles. The number of nitro benzene ring substituents is 1. The third kappa shape index (κ3) is 3.20. The van der Waals surface area contributed by atoms with Crippen molar-refractivity contribution in [3.8, 4) is 0 Å². The van der Waals surface area contributed by atoms with Crippen LogP contribution in [-0.2, 0) is 11.2 Å². The van der Waals surface area contributed by atoms with Crippen LogP contribution in [0.5, 0.6) is 0 Å². The van der Waals surface area contributed by atoms with Crippen LogP contribution in [0.3, 0.4) is 0 Å². The van der Waals surface area contributed by atoms with Crippen molar-refractivity contribution < 1.29 is 9.72 Å². The lowest BCUT2D eigenvalue weighted by Crippen LogP contribution is -2.23. The number of primary amides is 1. The number of nitrogens with two attached hydrogens (primary N) is 1. The van der Waals surface area contributed by atoms with Gasteiger partial charge in [0.1, 0.15) is 0 Å². The van der Waals surface area contributed by atoms with Crippen LogP contribution >= 0.6 is 0 Å². The molecule has 2 rings (SSSR count). The van der Waals surface area contributed by atoms with E-state index in [2.05, 4.69) is 0 Å². The standard InChI is InChI=1S/C15H14N2O3/c16-15(18)14(10-11-4-2-1-3-5-11)12-6-8-13(9-7-12)17(19)20/h1-9,14H,10H2,(H2,16,18). The second-order valence-electron chi connectivity index (χ2n) is 4.49. The Morgan fingerprint density at radius 2 is 1.70 bits per heavy atom. The Bertz CT molecular complexity index is 609. The summed E-state index contributed by atoms with van der Waals surface area (Å²) in [5, 5.41) is 10.6. The smallest absolute Gasteiger partial charge is 0.269 e. The predicted octanol–water partition coefficient (Wildman–Crippen LogP) is 2.41. The molecular formula is C15H14N2O3. The topological polar surface area (TPSA) is 86.2 Å². The lowest BCUT2D eigenvalue weighted by atomic mass is 9.91. The van der Waals surface area contributed by atoms with E-state index in [1.807, 2.05) is 30.3 Å². The van der Waals surface area contributed by atoms with E-state index in [0.29, 0.717) is 12.0 Å². The molecule has 1 atom stereocenters. The fourth-order valence-electron chi connectivity index (χ4n) is 2.06. The highest BCUT2D eigenvalue weighted by atomic mass is 16.6. The summed E-state index contributed by atoms with van der Waals surface area (Å²) in [6.45, 7) is 0. The van der Waals surface area contributed by atoms with Crippen molar-refractivity contribution in [2.75, 3.05) is 0 Å². The lowest BCUT2D eigenvalue weighted by molar-refractivity contribution is -0.384. The van der Waals surface area contributed by atoms with Gasteiger partial charge in [-0.3, -0.25) is 14.9 Å². The van der Waals surface area contributed by atoms with E-state index in [1.54, 1.807) is 12.1 Å². The van der Waals surface area contributed by atoms with Gasteiger partial charge in [0.15, 0.2) is 0 Å². The van der Waals surface area contributed by atoms with Crippen molar-refractivity contribution in [3.05, 3.63) is 75.8 Å². The van der Waals surface area contributed by atoms with Crippen molar-refractivity contribution in [1.29, 1.82) is 0 Å². The van der Waals surface area contributed by atoms with Gasteiger partial charge < -0.3 is 5.73 Å². The third-order valence-electron chi connectivity index (χ3n) is 3.13. The summed E-state index contributed by atoms with van der Waals surface area (Å²) in [6, 6.07) is 15.4. The zero-order valence-electron chi connectivity index (χ0n) is 10.7. The molecule has 2 aromatic carbocycles. The number of benzene rings is 2. The van der Waals surface area contributed by atoms with Gasteiger partial charge in [-0.25, -0.2) is 0 Å². The summed E-state index contributed by atoms with van der Waals surface area (Å²) in [5.74, 6) is -0.930. The largest absolute Gasteiger partial charge is 0.369 e. The minimum Gasteiger partial charge on any atom is -0.369 e. The predicted molar refractivity (Wildman–Crippen MR) is 75.2 cm³/mol. The van der Waals surface area contributed by atoms with Gasteiger partial charge in [-0.2, -0.15) is 0 Å². The molecule has 2 aromatic rings. The average Bonchev–Trinajstić information content (AvgIpc) is 2.45. The van der Waals surface area contributed by atoms with Crippen molar-refractivity contribution in [2.45, 2.75) is 12.3 Å². The number of nitrogens with zero attached hydrogens (tertiary/aromatic N) is 1. The van der Waals surface area contributed by atoms with Crippen LogP contribution in [0.25, 0.3) is 0 Å². The Hall–Kier alpha value is -2.69. The molecule has 0 aromatic heterocycles. The molecule has 0 fully saturated rings. The Balaban J connectivity index is 2.25. The SMILES string of the molecule is NC(=O)C(Cc1ccccc1)c1ccc([N+](=O)[O-])cc1. The van der Waals surface area contributed by atoms with Crippen molar-refractivity contribution in [1.82, 2.24) is 0 Å². The first-order valence-corrected chi connectivity index (χ1v) is 6.15. The molecule has 20 heavy (non-hydrogen) atoms. The van der Waals surface area contributed by atoms with Gasteiger partial charge in [-0.1, -0.05) is 42.5 Å². The first-order valence-electron chi connectivity index (χ1n) is 6.15. The normalized spacial score (nSPS) is 11.8. The molecule has 2 N–H and O–H groups in total. The minimum absolute atomic E-state index is 0.00307. The molecule has 5 heteroatoms. The zero-order valence-corrected chi connectivity index (χ0v) is 10.7. The first kappa shape index (κ1) is 13.7. The van der Waals surface area contributed by atoms with E-state index in [9.17, 15) is 14.9 Å². The molecule has 0 aliphatic carbocycles. The fourth-order valence-corrected chi connectivity index (χ4v) is 2.06. The lowest BCUT2D eigenvalue weighted by Gasteiger charge is -2.13. The van der Waals surface area contributed by atoms with Crippen molar-refractivity contribution in [2.24, 2.45) is 5.73 Å². The molecule has 0 aliphatic rings. The Morgan fingerprint density at radius 1 is 1.10 bits per heavy atom. The van der Waals surface area contributed by atoms with Gasteiger partial charge in [0.2, 0.25) is 5.91 Å². The molecule has 0 radical (unpaired) electrons. The molecule has 0 saturated heterocycles. The number of nitro groups is 1. The number of rotatable bonds is 5. The van der Waals surface area contributed by atoms with Gasteiger partial charge in [0, 0.05) is 12.1 Å². The van der Waals surface area contributed by atoms with E-state index < -0.39 is 16.7 Å². The van der Waals surface area contributed by atoms with E-state index in [1.165, 1.54) is 12.1 Å². The quantitative estimate of drug-likeness (QED) is 0.668. The second kappa shape index (κ2) is 5.97. The number of carbonyl (C=O) groups is 1. The first-order chi connectivity index (χ1) is 9.58. The highest BCUT2D eigenvalue weighted by molar-refractivity contribution is 5.82. The highest BCUT2D eigenvalue weighted by Crippen LogP contribution is 2.23. The van der Waals surface area contributed by atoms with Gasteiger partial charge >= 0.3 is 0 Å². The maximum Gasteiger partial charge on any atom is 0.269 e. The van der Waals surface area contributed by atoms with E-state index in [4.69, 9.17) is 5.73 Å². The minimum atomic E-state index is -0.488. The molecule has 1 amide bonds. The van der Waals surface area contributed by atoms with E-state index in [-0.39, 0.29) is 5.69 Å². The maximum absolute atomic E-state index is 11.6. The van der Waals surface area contributed by atoms with E-state index >= 15 is 0 Å². The van der Waals surface area contributed by atoms with Crippen molar-refractivity contribution >= 4 is 11.6 Å². The van der Waals surface area contributed by atoms with Crippen LogP contribution in [0.4, 0.5) is 5.69 Å². The average molecular weight is 270 g/mol. The van der Waals surface area contributed by atoms with Crippen LogP contribution in [0.2, 0.25) is 0 Å². The maximum atomic E-state index is 11.6. The third-order valence-corrected chi connectivity index (χ3v) is 3.13. The number of non-ortho nitro benzene ring substituents is 1. The van der Waals surface area contributed by atoms with E-state index in [0.717, 1.165) is 5.56 Å². The summed E-state index contributed by atoms with van der Waals surface area (Å²) >= 11 is 0. The molecule has 0 saturated carbocycles. The van der Waals surface area contributed by atoms with Crippen LogP contribution in [0.1, 0.15) is 17.0 Å². The van der Waals surface area contributed by atoms with Crippen LogP contribution in [0.15, 0.2) is 54.6 Å². The fraction of sp³-hybridized carbons (Fsp3) is 0.133. The highest BCUT2D eigenvalue weighted by Gasteiger charge is 2.19. The zero-order chi connectivity index (χ0) is 14.5. The number of amides is 1. The van der Waals surface area contributed by atoms with Crippen LogP contribution in [0, 0.1) is 10.1 Å². The monoisotopic (exact) mass is 270 g/mol. The molecular weight excluding hydrogens is 256 g/mol. The molecule has 1 unspecified atom stereocenters. The second-order valence-corrected chi connectivity index (χ2v) is 4.49. The van der Waals surface area contributed by atoms with Gasteiger partial charge in [0.25, 0.3) is 5.69 Å². The Labute approximate surface area is 116 Å².